The van der Waals surface area contributed by atoms with Crippen molar-refractivity contribution in [2.45, 2.75) is 0 Å². The lowest BCUT2D eigenvalue weighted by molar-refractivity contribution is 0.102. The fourth-order valence-electron chi connectivity index (χ4n) is 2.18. The van der Waals surface area contributed by atoms with Gasteiger partial charge in [0.05, 0.1) is 25.6 Å². The van der Waals surface area contributed by atoms with Crippen LogP contribution >= 0.6 is 0 Å². The summed E-state index contributed by atoms with van der Waals surface area (Å²) in [6.45, 7) is 0. The van der Waals surface area contributed by atoms with E-state index in [1.54, 1.807) is 44.6 Å². The largest absolute Gasteiger partial charge is 0.497 e. The van der Waals surface area contributed by atoms with Crippen LogP contribution in [0.2, 0.25) is 0 Å². The fraction of sp³-hybridized carbons (Fsp3) is 0.235. The molecule has 0 radical (unpaired) electrons. The third kappa shape index (κ3) is 3.85. The van der Waals surface area contributed by atoms with Gasteiger partial charge < -0.3 is 25.4 Å². The first kappa shape index (κ1) is 16.5. The third-order valence-corrected chi connectivity index (χ3v) is 3.36. The van der Waals surface area contributed by atoms with Crippen molar-refractivity contribution in [2.75, 3.05) is 44.3 Å². The average molecular weight is 315 g/mol. The standard InChI is InChI=1S/C17H21N3O3/c1-20(2)16-6-5-12(18)9-15(16)19-17(21)11-7-13(22-3)10-14(8-11)23-4/h5-10H,18H2,1-4H3,(H,19,21). The van der Waals surface area contributed by atoms with Gasteiger partial charge in [-0.3, -0.25) is 4.79 Å². The lowest BCUT2D eigenvalue weighted by atomic mass is 10.1. The first-order valence-corrected chi connectivity index (χ1v) is 7.06. The van der Waals surface area contributed by atoms with Gasteiger partial charge in [-0.15, -0.1) is 0 Å². The number of nitrogens with one attached hydrogen (secondary N) is 1. The molecule has 23 heavy (non-hydrogen) atoms. The number of carbonyl (C=O) groups excluding carboxylic acids is 1. The minimum Gasteiger partial charge on any atom is -0.497 e. The number of nitrogens with zero attached hydrogens (tertiary/aromatic N) is 1. The molecule has 6 nitrogen and oxygen atoms in total. The maximum absolute atomic E-state index is 12.6. The van der Waals surface area contributed by atoms with Crippen LogP contribution in [0.1, 0.15) is 10.4 Å². The number of anilines is 3. The molecule has 3 N–H and O–H groups in total. The van der Waals surface area contributed by atoms with E-state index in [9.17, 15) is 4.79 Å². The molecule has 0 fully saturated rings. The van der Waals surface area contributed by atoms with Crippen LogP contribution < -0.4 is 25.4 Å². The summed E-state index contributed by atoms with van der Waals surface area (Å²) in [6, 6.07) is 10.4. The molecule has 122 valence electrons. The molecule has 0 atom stereocenters. The molecular formula is C17H21N3O3. The van der Waals surface area contributed by atoms with Crippen molar-refractivity contribution < 1.29 is 14.3 Å². The van der Waals surface area contributed by atoms with E-state index in [4.69, 9.17) is 15.2 Å². The Labute approximate surface area is 135 Å². The highest BCUT2D eigenvalue weighted by atomic mass is 16.5. The number of amides is 1. The first-order chi connectivity index (χ1) is 10.9. The SMILES string of the molecule is COc1cc(OC)cc(C(=O)Nc2cc(N)ccc2N(C)C)c1. The molecule has 0 bridgehead atoms. The van der Waals surface area contributed by atoms with Gasteiger partial charge in [0.25, 0.3) is 5.91 Å². The molecule has 0 heterocycles. The van der Waals surface area contributed by atoms with Crippen molar-refractivity contribution in [2.24, 2.45) is 0 Å². The van der Waals surface area contributed by atoms with Crippen molar-refractivity contribution in [3.63, 3.8) is 0 Å². The smallest absolute Gasteiger partial charge is 0.255 e. The highest BCUT2D eigenvalue weighted by Crippen LogP contribution is 2.28. The number of hydrogen-bond donors (Lipinski definition) is 2. The van der Waals surface area contributed by atoms with E-state index in [0.717, 1.165) is 5.69 Å². The third-order valence-electron chi connectivity index (χ3n) is 3.36. The zero-order valence-electron chi connectivity index (χ0n) is 13.7. The molecule has 0 aliphatic rings. The Morgan fingerprint density at radius 3 is 2.17 bits per heavy atom. The van der Waals surface area contributed by atoms with Crippen molar-refractivity contribution in [1.82, 2.24) is 0 Å². The predicted molar refractivity (Wildman–Crippen MR) is 92.7 cm³/mol. The second-order valence-electron chi connectivity index (χ2n) is 5.23. The Morgan fingerprint density at radius 2 is 1.65 bits per heavy atom. The van der Waals surface area contributed by atoms with E-state index >= 15 is 0 Å². The van der Waals surface area contributed by atoms with Crippen LogP contribution in [-0.2, 0) is 0 Å². The fourth-order valence-corrected chi connectivity index (χ4v) is 2.18. The van der Waals surface area contributed by atoms with Gasteiger partial charge in [-0.2, -0.15) is 0 Å². The molecule has 0 saturated carbocycles. The number of nitrogen functional groups attached to an aromatic ring is 1. The van der Waals surface area contributed by atoms with E-state index in [1.165, 1.54) is 0 Å². The van der Waals surface area contributed by atoms with Gasteiger partial charge in [-0.25, -0.2) is 0 Å². The average Bonchev–Trinajstić information content (AvgIpc) is 2.53. The van der Waals surface area contributed by atoms with Gasteiger partial charge in [0.15, 0.2) is 0 Å². The molecule has 0 unspecified atom stereocenters. The van der Waals surface area contributed by atoms with E-state index in [1.807, 2.05) is 25.1 Å². The lowest BCUT2D eigenvalue weighted by Gasteiger charge is -2.18. The summed E-state index contributed by atoms with van der Waals surface area (Å²) in [5.74, 6) is 0.834. The zero-order valence-corrected chi connectivity index (χ0v) is 13.7. The van der Waals surface area contributed by atoms with Crippen LogP contribution in [0.5, 0.6) is 11.5 Å². The van der Waals surface area contributed by atoms with Gasteiger partial charge in [0.1, 0.15) is 11.5 Å². The van der Waals surface area contributed by atoms with Crippen LogP contribution in [-0.4, -0.2) is 34.2 Å². The number of methoxy groups -OCH3 is 2. The molecular weight excluding hydrogens is 294 g/mol. The number of rotatable bonds is 5. The molecule has 2 aromatic carbocycles. The first-order valence-electron chi connectivity index (χ1n) is 7.06. The molecule has 0 spiro atoms. The van der Waals surface area contributed by atoms with Crippen LogP contribution in [0.3, 0.4) is 0 Å². The maximum atomic E-state index is 12.6. The normalized spacial score (nSPS) is 10.1. The van der Waals surface area contributed by atoms with Gasteiger partial charge in [0.2, 0.25) is 0 Å². The van der Waals surface area contributed by atoms with Gasteiger partial charge in [0, 0.05) is 31.4 Å². The van der Waals surface area contributed by atoms with Crippen molar-refractivity contribution in [1.29, 1.82) is 0 Å². The molecule has 2 aromatic rings. The lowest BCUT2D eigenvalue weighted by Crippen LogP contribution is -2.17. The summed E-state index contributed by atoms with van der Waals surface area (Å²) in [4.78, 5) is 14.5. The molecule has 1 amide bonds. The van der Waals surface area contributed by atoms with Crippen LogP contribution in [0, 0.1) is 0 Å². The Bertz CT molecular complexity index is 692. The molecule has 0 aliphatic carbocycles. The highest BCUT2D eigenvalue weighted by molar-refractivity contribution is 6.06. The minimum atomic E-state index is -0.268. The molecule has 2 rings (SSSR count). The van der Waals surface area contributed by atoms with Crippen molar-refractivity contribution in [3.05, 3.63) is 42.0 Å². The van der Waals surface area contributed by atoms with Crippen LogP contribution in [0.25, 0.3) is 0 Å². The summed E-state index contributed by atoms with van der Waals surface area (Å²) in [6.07, 6.45) is 0. The summed E-state index contributed by atoms with van der Waals surface area (Å²) in [7, 11) is 6.88. The molecule has 0 saturated heterocycles. The second-order valence-corrected chi connectivity index (χ2v) is 5.23. The zero-order chi connectivity index (χ0) is 17.0. The van der Waals surface area contributed by atoms with Crippen LogP contribution in [0.15, 0.2) is 36.4 Å². The van der Waals surface area contributed by atoms with Crippen molar-refractivity contribution >= 4 is 23.0 Å². The van der Waals surface area contributed by atoms with Crippen LogP contribution in [0.4, 0.5) is 17.1 Å². The van der Waals surface area contributed by atoms with Gasteiger partial charge >= 0.3 is 0 Å². The number of ether oxygens (including phenoxy) is 2. The van der Waals surface area contributed by atoms with E-state index < -0.39 is 0 Å². The molecule has 0 aliphatic heterocycles. The quantitative estimate of drug-likeness (QED) is 0.829. The Balaban J connectivity index is 2.34. The molecule has 0 aromatic heterocycles. The Morgan fingerprint density at radius 1 is 1.04 bits per heavy atom. The highest BCUT2D eigenvalue weighted by Gasteiger charge is 2.13. The number of nitrogens with two attached hydrogens (primary N) is 1. The van der Waals surface area contributed by atoms with Crippen molar-refractivity contribution in [3.8, 4) is 11.5 Å². The Kier molecular flexibility index (Phi) is 4.95. The topological polar surface area (TPSA) is 76.8 Å². The van der Waals surface area contributed by atoms with Gasteiger partial charge in [-0.05, 0) is 30.3 Å². The van der Waals surface area contributed by atoms with E-state index in [0.29, 0.717) is 28.4 Å². The number of hydrogen-bond acceptors (Lipinski definition) is 5. The summed E-state index contributed by atoms with van der Waals surface area (Å²) < 4.78 is 10.4. The molecule has 6 heteroatoms. The van der Waals surface area contributed by atoms with Gasteiger partial charge in [-0.1, -0.05) is 0 Å². The number of benzene rings is 2. The summed E-state index contributed by atoms with van der Waals surface area (Å²) in [5.41, 5.74) is 8.34. The second kappa shape index (κ2) is 6.91. The number of carbonyl (C=O) groups is 1. The maximum Gasteiger partial charge on any atom is 0.255 e. The summed E-state index contributed by atoms with van der Waals surface area (Å²) in [5, 5.41) is 2.88. The predicted octanol–water partition coefficient (Wildman–Crippen LogP) is 2.60. The summed E-state index contributed by atoms with van der Waals surface area (Å²) >= 11 is 0. The Hall–Kier alpha value is -2.89. The minimum absolute atomic E-state index is 0.268. The van der Waals surface area contributed by atoms with E-state index in [2.05, 4.69) is 5.32 Å². The monoisotopic (exact) mass is 315 g/mol. The van der Waals surface area contributed by atoms with E-state index in [-0.39, 0.29) is 5.91 Å².